The van der Waals surface area contributed by atoms with Gasteiger partial charge in [-0.1, -0.05) is 116 Å². The van der Waals surface area contributed by atoms with Crippen LogP contribution in [0.15, 0.2) is 49.1 Å². The Balaban J connectivity index is 0.00000298. The number of ether oxygens (including phenoxy) is 2. The molecule has 4 nitrogen and oxygen atoms in total. The Morgan fingerprint density at radius 3 is 1.97 bits per heavy atom. The minimum atomic E-state index is 0.191. The van der Waals surface area contributed by atoms with Crippen molar-refractivity contribution in [3.05, 3.63) is 54.6 Å². The van der Waals surface area contributed by atoms with Crippen LogP contribution in [0.2, 0.25) is 0 Å². The number of nitrogens with zero attached hydrogens (tertiary/aromatic N) is 2. The molecule has 0 aliphatic rings. The number of hydrogen-bond acceptors (Lipinski definition) is 3. The van der Waals surface area contributed by atoms with E-state index in [9.17, 15) is 0 Å². The average molecular weight is 487 g/mol. The van der Waals surface area contributed by atoms with Gasteiger partial charge in [-0.2, -0.15) is 0 Å². The van der Waals surface area contributed by atoms with Crippen LogP contribution >= 0.6 is 0 Å². The Kier molecular flexibility index (Phi) is 20.4. The molecule has 0 aliphatic carbocycles. The maximum Gasteiger partial charge on any atom is 0.0945 e. The molecule has 1 atom stereocenters. The number of imidazole rings is 1. The van der Waals surface area contributed by atoms with Gasteiger partial charge in [0, 0.05) is 25.5 Å². The molecule has 0 spiro atoms. The molecule has 0 amide bonds. The maximum absolute atomic E-state index is 6.14. The van der Waals surface area contributed by atoms with Crippen molar-refractivity contribution < 1.29 is 9.47 Å². The minimum absolute atomic E-state index is 0.191. The highest BCUT2D eigenvalue weighted by Crippen LogP contribution is 2.14. The fraction of sp³-hybridized carbons (Fsp3) is 0.710. The van der Waals surface area contributed by atoms with Crippen molar-refractivity contribution in [2.75, 3.05) is 13.2 Å². The summed E-state index contributed by atoms with van der Waals surface area (Å²) in [5, 5.41) is 0. The lowest BCUT2D eigenvalue weighted by molar-refractivity contribution is -0.0346. The number of unbranched alkanes of at least 4 members (excludes halogenated alkanes) is 10. The van der Waals surface area contributed by atoms with Gasteiger partial charge in [-0.25, -0.2) is 4.98 Å². The second-order valence-electron chi connectivity index (χ2n) is 9.81. The second kappa shape index (κ2) is 22.8. The first-order chi connectivity index (χ1) is 17.2. The summed E-state index contributed by atoms with van der Waals surface area (Å²) in [4.78, 5) is 4.09. The molecule has 1 aromatic carbocycles. The van der Waals surface area contributed by atoms with Gasteiger partial charge in [0.15, 0.2) is 0 Å². The third-order valence-electron chi connectivity index (χ3n) is 6.13. The summed E-state index contributed by atoms with van der Waals surface area (Å²) < 4.78 is 14.3. The molecule has 1 unspecified atom stereocenters. The lowest BCUT2D eigenvalue weighted by atomic mass is 10.1. The average Bonchev–Trinajstić information content (AvgIpc) is 3.40. The van der Waals surface area contributed by atoms with Gasteiger partial charge in [0.2, 0.25) is 0 Å². The van der Waals surface area contributed by atoms with Crippen LogP contribution in [0.5, 0.6) is 0 Å². The zero-order valence-corrected chi connectivity index (χ0v) is 23.3. The Hall–Kier alpha value is -1.65. The summed E-state index contributed by atoms with van der Waals surface area (Å²) in [6.07, 6.45) is 21.8. The summed E-state index contributed by atoms with van der Waals surface area (Å²) in [5.41, 5.74) is 1.23. The van der Waals surface area contributed by atoms with Crippen molar-refractivity contribution in [1.82, 2.24) is 9.55 Å². The van der Waals surface area contributed by atoms with Crippen LogP contribution < -0.4 is 0 Å². The van der Waals surface area contributed by atoms with Crippen LogP contribution in [-0.2, 0) is 22.6 Å². The fourth-order valence-corrected chi connectivity index (χ4v) is 4.22. The van der Waals surface area contributed by atoms with E-state index in [4.69, 9.17) is 9.47 Å². The quantitative estimate of drug-likeness (QED) is 0.165. The van der Waals surface area contributed by atoms with E-state index in [1.165, 1.54) is 76.2 Å². The highest BCUT2D eigenvalue weighted by molar-refractivity contribution is 5.13. The van der Waals surface area contributed by atoms with Gasteiger partial charge in [0.1, 0.15) is 0 Å². The van der Waals surface area contributed by atoms with Crippen molar-refractivity contribution in [1.29, 1.82) is 0 Å². The number of benzene rings is 1. The molecular formula is C31H54N2O2. The summed E-state index contributed by atoms with van der Waals surface area (Å²) in [6.45, 7) is 11.9. The molecule has 2 rings (SSSR count). The largest absolute Gasteiger partial charge is 0.379 e. The Labute approximate surface area is 216 Å². The predicted molar refractivity (Wildman–Crippen MR) is 150 cm³/mol. The van der Waals surface area contributed by atoms with E-state index in [2.05, 4.69) is 53.9 Å². The maximum atomic E-state index is 6.14. The van der Waals surface area contributed by atoms with Crippen molar-refractivity contribution >= 4 is 0 Å². The fourth-order valence-electron chi connectivity index (χ4n) is 4.22. The number of rotatable bonds is 21. The minimum Gasteiger partial charge on any atom is -0.379 e. The standard InChI is InChI=1S/C29H48N2O2.C2H6/c1-27(2)23-29(33-24-28-17-13-12-14-18-28)25-32-22-16-11-9-7-5-3-4-6-8-10-15-20-31-21-19-30-26-31;1-2/h12-14,17-19,21,26-27,29H,3-11,15-16,20,22-25H2,1-2H3;1-2H3. The summed E-state index contributed by atoms with van der Waals surface area (Å²) >= 11 is 0. The van der Waals surface area contributed by atoms with E-state index in [0.717, 1.165) is 19.6 Å². The Bertz CT molecular complexity index is 658. The number of hydrogen-bond donors (Lipinski definition) is 0. The molecule has 0 bridgehead atoms. The van der Waals surface area contributed by atoms with Gasteiger partial charge in [-0.3, -0.25) is 0 Å². The molecule has 0 fully saturated rings. The molecule has 0 saturated carbocycles. The van der Waals surface area contributed by atoms with E-state index in [0.29, 0.717) is 19.1 Å². The van der Waals surface area contributed by atoms with E-state index in [1.807, 2.05) is 32.4 Å². The lowest BCUT2D eigenvalue weighted by Crippen LogP contribution is -2.22. The predicted octanol–water partition coefficient (Wildman–Crippen LogP) is 8.85. The van der Waals surface area contributed by atoms with Gasteiger partial charge in [0.25, 0.3) is 0 Å². The molecule has 4 heteroatoms. The SMILES string of the molecule is CC.CC(C)CC(COCCCCCCCCCCCCCn1ccnc1)OCc1ccccc1. The first-order valence-electron chi connectivity index (χ1n) is 14.4. The number of aryl methyl sites for hydroxylation is 1. The van der Waals surface area contributed by atoms with Gasteiger partial charge in [-0.15, -0.1) is 0 Å². The third kappa shape index (κ3) is 18.3. The van der Waals surface area contributed by atoms with E-state index >= 15 is 0 Å². The van der Waals surface area contributed by atoms with Crippen LogP contribution in [0.4, 0.5) is 0 Å². The molecule has 1 aromatic heterocycles. The molecule has 200 valence electrons. The van der Waals surface area contributed by atoms with Crippen LogP contribution in [0.1, 0.15) is 110 Å². The third-order valence-corrected chi connectivity index (χ3v) is 6.13. The smallest absolute Gasteiger partial charge is 0.0945 e. The lowest BCUT2D eigenvalue weighted by Gasteiger charge is -2.20. The van der Waals surface area contributed by atoms with Crippen molar-refractivity contribution in [2.45, 2.75) is 124 Å². The summed E-state index contributed by atoms with van der Waals surface area (Å²) in [6, 6.07) is 10.4. The van der Waals surface area contributed by atoms with E-state index in [1.54, 1.807) is 0 Å². The highest BCUT2D eigenvalue weighted by atomic mass is 16.5. The van der Waals surface area contributed by atoms with E-state index in [-0.39, 0.29) is 6.10 Å². The Morgan fingerprint density at radius 2 is 1.40 bits per heavy atom. The van der Waals surface area contributed by atoms with Crippen molar-refractivity contribution in [3.8, 4) is 0 Å². The van der Waals surface area contributed by atoms with Gasteiger partial charge < -0.3 is 14.0 Å². The molecule has 0 radical (unpaired) electrons. The van der Waals surface area contributed by atoms with Gasteiger partial charge in [0.05, 0.1) is 25.6 Å². The molecule has 35 heavy (non-hydrogen) atoms. The molecule has 0 N–H and O–H groups in total. The Morgan fingerprint density at radius 1 is 0.800 bits per heavy atom. The monoisotopic (exact) mass is 486 g/mol. The van der Waals surface area contributed by atoms with Gasteiger partial charge >= 0.3 is 0 Å². The normalized spacial score (nSPS) is 11.9. The summed E-state index contributed by atoms with van der Waals surface area (Å²) in [5.74, 6) is 0.622. The van der Waals surface area contributed by atoms with Crippen molar-refractivity contribution in [2.24, 2.45) is 5.92 Å². The molecular weight excluding hydrogens is 432 g/mol. The molecule has 0 aliphatic heterocycles. The second-order valence-corrected chi connectivity index (χ2v) is 9.81. The molecule has 0 saturated heterocycles. The molecule has 1 heterocycles. The van der Waals surface area contributed by atoms with Gasteiger partial charge in [-0.05, 0) is 30.7 Å². The highest BCUT2D eigenvalue weighted by Gasteiger charge is 2.12. The first kappa shape index (κ1) is 31.4. The van der Waals surface area contributed by atoms with Crippen molar-refractivity contribution in [3.63, 3.8) is 0 Å². The summed E-state index contributed by atoms with van der Waals surface area (Å²) in [7, 11) is 0. The van der Waals surface area contributed by atoms with Crippen LogP contribution in [0.25, 0.3) is 0 Å². The first-order valence-corrected chi connectivity index (χ1v) is 14.4. The van der Waals surface area contributed by atoms with E-state index < -0.39 is 0 Å². The van der Waals surface area contributed by atoms with Crippen LogP contribution in [0, 0.1) is 5.92 Å². The van der Waals surface area contributed by atoms with Crippen LogP contribution in [-0.4, -0.2) is 28.9 Å². The zero-order chi connectivity index (χ0) is 25.4. The zero-order valence-electron chi connectivity index (χ0n) is 23.3. The number of aromatic nitrogens is 2. The topological polar surface area (TPSA) is 36.3 Å². The van der Waals surface area contributed by atoms with Crippen LogP contribution in [0.3, 0.4) is 0 Å². The molecule has 2 aromatic rings.